The molecule has 1 saturated carbocycles. The minimum atomic E-state index is -4.90. The van der Waals surface area contributed by atoms with Gasteiger partial charge >= 0.3 is 6.18 Å². The first-order valence-electron chi connectivity index (χ1n) is 14.4. The van der Waals surface area contributed by atoms with Crippen molar-refractivity contribution in [2.24, 2.45) is 23.0 Å². The summed E-state index contributed by atoms with van der Waals surface area (Å²) in [7, 11) is 3.17. The Morgan fingerprint density at radius 3 is 2.25 bits per heavy atom. The lowest BCUT2D eigenvalue weighted by atomic mass is 9.57. The second kappa shape index (κ2) is 10.9. The van der Waals surface area contributed by atoms with Crippen molar-refractivity contribution in [1.82, 2.24) is 9.80 Å². The molecule has 3 aliphatic carbocycles. The van der Waals surface area contributed by atoms with Crippen LogP contribution in [0, 0.1) is 17.3 Å². The standard InChI is InChI=1S/C31H40F3N3O7/c1-8-36(6)23-17-10-14-9-16-20(24(39)19(14)26(41)30(17,44)27(42)21(25(23)40)28(35)43)18(38)11-15(22(16)31(32,33)34)12-37(7)13(2)29(3,4)5/h11,13-14,17,23,38-39,42,44H,8-10,12H2,1-7H3,(H2,35,43)/t13-,14+,17+,23+,30+/m1/s1. The third kappa shape index (κ3) is 4.98. The van der Waals surface area contributed by atoms with Crippen LogP contribution in [0.15, 0.2) is 23.0 Å². The van der Waals surface area contributed by atoms with E-state index >= 15 is 0 Å². The van der Waals surface area contributed by atoms with Gasteiger partial charge in [-0.05, 0) is 68.9 Å². The minimum absolute atomic E-state index is 0.155. The summed E-state index contributed by atoms with van der Waals surface area (Å²) in [5, 5.41) is 45.1. The van der Waals surface area contributed by atoms with Crippen LogP contribution in [-0.2, 0) is 33.5 Å². The van der Waals surface area contributed by atoms with E-state index < -0.39 is 98.7 Å². The van der Waals surface area contributed by atoms with Crippen LogP contribution in [0.1, 0.15) is 63.3 Å². The smallest absolute Gasteiger partial charge is 0.417 e. The van der Waals surface area contributed by atoms with Gasteiger partial charge in [0.15, 0.2) is 11.4 Å². The second-order valence-electron chi connectivity index (χ2n) is 13.3. The van der Waals surface area contributed by atoms with Gasteiger partial charge in [0.1, 0.15) is 22.8 Å². The van der Waals surface area contributed by atoms with E-state index in [4.69, 9.17) is 5.73 Å². The molecule has 44 heavy (non-hydrogen) atoms. The van der Waals surface area contributed by atoms with Crippen molar-refractivity contribution < 1.29 is 48.0 Å². The van der Waals surface area contributed by atoms with Crippen LogP contribution in [0.2, 0.25) is 0 Å². The number of rotatable bonds is 6. The molecule has 0 aliphatic heterocycles. The molecular formula is C31H40F3N3O7. The van der Waals surface area contributed by atoms with Gasteiger partial charge in [-0.2, -0.15) is 13.2 Å². The monoisotopic (exact) mass is 623 g/mol. The Balaban J connectivity index is 1.96. The fourth-order valence-electron chi connectivity index (χ4n) is 7.04. The number of aromatic hydroxyl groups is 1. The highest BCUT2D eigenvalue weighted by Crippen LogP contribution is 2.54. The number of benzene rings is 1. The van der Waals surface area contributed by atoms with Crippen molar-refractivity contribution in [3.05, 3.63) is 45.2 Å². The van der Waals surface area contributed by atoms with Gasteiger partial charge < -0.3 is 26.2 Å². The summed E-state index contributed by atoms with van der Waals surface area (Å²) in [6.07, 6.45) is -5.66. The van der Waals surface area contributed by atoms with Gasteiger partial charge in [-0.3, -0.25) is 24.2 Å². The molecule has 0 bridgehead atoms. The number of Topliss-reactive ketones (excluding diaryl/α,β-unsaturated/α-hetero) is 2. The molecule has 0 radical (unpaired) electrons. The highest BCUT2D eigenvalue weighted by molar-refractivity contribution is 6.24. The number of ketones is 2. The molecule has 5 atom stereocenters. The average molecular weight is 624 g/mol. The Labute approximate surface area is 253 Å². The maximum atomic E-state index is 14.8. The van der Waals surface area contributed by atoms with Gasteiger partial charge in [0.05, 0.1) is 17.2 Å². The molecule has 6 N–H and O–H groups in total. The molecule has 0 spiro atoms. The number of phenolic OH excluding ortho intramolecular Hbond substituents is 1. The first-order valence-corrected chi connectivity index (χ1v) is 14.4. The van der Waals surface area contributed by atoms with E-state index in [9.17, 15) is 48.0 Å². The average Bonchev–Trinajstić information content (AvgIpc) is 2.88. The fraction of sp³-hybridized carbons (Fsp3) is 0.581. The van der Waals surface area contributed by atoms with Crippen LogP contribution in [0.3, 0.4) is 0 Å². The zero-order valence-electron chi connectivity index (χ0n) is 25.8. The maximum Gasteiger partial charge on any atom is 0.417 e. The Bertz CT molecular complexity index is 1490. The van der Waals surface area contributed by atoms with E-state index in [0.717, 1.165) is 6.07 Å². The number of aliphatic hydroxyl groups excluding tert-OH is 2. The minimum Gasteiger partial charge on any atom is -0.508 e. The lowest BCUT2D eigenvalue weighted by Gasteiger charge is -2.50. The number of likely N-dealkylation sites (N-methyl/N-ethyl adjacent to an activating group) is 1. The Kier molecular flexibility index (Phi) is 8.28. The molecule has 1 amide bonds. The summed E-state index contributed by atoms with van der Waals surface area (Å²) in [4.78, 5) is 42.7. The molecule has 10 nitrogen and oxygen atoms in total. The number of hydrogen-bond acceptors (Lipinski definition) is 9. The third-order valence-electron chi connectivity index (χ3n) is 9.84. The molecule has 1 fully saturated rings. The number of alkyl halides is 3. The summed E-state index contributed by atoms with van der Waals surface area (Å²) in [5.41, 5.74) is -1.53. The number of halogens is 3. The Morgan fingerprint density at radius 2 is 1.75 bits per heavy atom. The largest absolute Gasteiger partial charge is 0.508 e. The molecule has 1 aromatic rings. The predicted octanol–water partition coefficient (Wildman–Crippen LogP) is 3.24. The van der Waals surface area contributed by atoms with Gasteiger partial charge in [-0.15, -0.1) is 0 Å². The van der Waals surface area contributed by atoms with Crippen LogP contribution in [0.25, 0.3) is 5.76 Å². The predicted molar refractivity (Wildman–Crippen MR) is 154 cm³/mol. The number of aliphatic hydroxyl groups is 3. The highest BCUT2D eigenvalue weighted by atomic mass is 19.4. The van der Waals surface area contributed by atoms with Gasteiger partial charge in [0.2, 0.25) is 5.78 Å². The van der Waals surface area contributed by atoms with Crippen molar-refractivity contribution >= 4 is 23.2 Å². The topological polar surface area (TPSA) is 165 Å². The molecule has 0 heterocycles. The summed E-state index contributed by atoms with van der Waals surface area (Å²) >= 11 is 0. The van der Waals surface area contributed by atoms with Gasteiger partial charge in [0, 0.05) is 24.1 Å². The number of primary amides is 1. The molecule has 1 aromatic carbocycles. The Hall–Kier alpha value is -3.42. The quantitative estimate of drug-likeness (QED) is 0.299. The van der Waals surface area contributed by atoms with Gasteiger partial charge in [-0.25, -0.2) is 0 Å². The summed E-state index contributed by atoms with van der Waals surface area (Å²) in [6, 6.07) is -0.562. The number of fused-ring (bicyclic) bond motifs is 3. The number of carbonyl (C=O) groups excluding carboxylic acids is 3. The van der Waals surface area contributed by atoms with E-state index in [2.05, 4.69) is 0 Å². The number of nitrogens with two attached hydrogens (primary N) is 1. The molecule has 0 saturated heterocycles. The number of carbonyl (C=O) groups is 3. The van der Waals surface area contributed by atoms with E-state index in [1.807, 2.05) is 27.7 Å². The van der Waals surface area contributed by atoms with E-state index in [1.54, 1.807) is 18.9 Å². The maximum absolute atomic E-state index is 14.8. The molecule has 0 unspecified atom stereocenters. The summed E-state index contributed by atoms with van der Waals surface area (Å²) in [6.45, 7) is 9.44. The van der Waals surface area contributed by atoms with Gasteiger partial charge in [-0.1, -0.05) is 27.7 Å². The molecule has 3 aliphatic rings. The van der Waals surface area contributed by atoms with Crippen LogP contribution in [0.4, 0.5) is 13.2 Å². The zero-order chi connectivity index (χ0) is 33.4. The Morgan fingerprint density at radius 1 is 1.16 bits per heavy atom. The zero-order valence-corrected chi connectivity index (χ0v) is 25.8. The highest BCUT2D eigenvalue weighted by Gasteiger charge is 2.64. The molecule has 4 rings (SSSR count). The van der Waals surface area contributed by atoms with Crippen LogP contribution in [-0.4, -0.2) is 86.0 Å². The van der Waals surface area contributed by atoms with E-state index in [-0.39, 0.29) is 36.5 Å². The second-order valence-corrected chi connectivity index (χ2v) is 13.3. The number of hydrogen-bond donors (Lipinski definition) is 5. The van der Waals surface area contributed by atoms with Crippen LogP contribution in [0.5, 0.6) is 5.75 Å². The number of phenols is 1. The van der Waals surface area contributed by atoms with Crippen LogP contribution < -0.4 is 5.73 Å². The van der Waals surface area contributed by atoms with Crippen molar-refractivity contribution in [3.63, 3.8) is 0 Å². The SMILES string of the molecule is CCN(C)[C@@H]1C(=O)C(C(N)=O)=C(O)[C@@]2(O)C(=O)C3=C(O)c4c(O)cc(CN(C)[C@H](C)C(C)(C)C)c(C(F)(F)F)c4C[C@H]3C[C@@H]12. The normalized spacial score (nSPS) is 26.6. The lowest BCUT2D eigenvalue weighted by Crippen LogP contribution is -2.66. The first kappa shape index (κ1) is 33.5. The molecule has 0 aromatic heterocycles. The van der Waals surface area contributed by atoms with E-state index in [1.165, 1.54) is 11.9 Å². The summed E-state index contributed by atoms with van der Waals surface area (Å²) in [5.74, 6) is -9.01. The van der Waals surface area contributed by atoms with Crippen molar-refractivity contribution in [2.75, 3.05) is 20.6 Å². The number of nitrogens with zero attached hydrogens (tertiary/aromatic N) is 2. The molecular weight excluding hydrogens is 583 g/mol. The third-order valence-corrected chi connectivity index (χ3v) is 9.84. The lowest BCUT2D eigenvalue weighted by molar-refractivity contribution is -0.154. The number of amides is 1. The van der Waals surface area contributed by atoms with Crippen LogP contribution >= 0.6 is 0 Å². The molecule has 13 heteroatoms. The fourth-order valence-corrected chi connectivity index (χ4v) is 7.04. The van der Waals surface area contributed by atoms with Crippen molar-refractivity contribution in [1.29, 1.82) is 0 Å². The first-order chi connectivity index (χ1) is 20.1. The van der Waals surface area contributed by atoms with Crippen molar-refractivity contribution in [2.45, 2.75) is 77.9 Å². The van der Waals surface area contributed by atoms with Gasteiger partial charge in [0.25, 0.3) is 5.91 Å². The van der Waals surface area contributed by atoms with Crippen molar-refractivity contribution in [3.8, 4) is 5.75 Å². The van der Waals surface area contributed by atoms with E-state index in [0.29, 0.717) is 0 Å². The summed E-state index contributed by atoms with van der Waals surface area (Å²) < 4.78 is 44.4. The molecule has 242 valence electrons.